The normalized spacial score (nSPS) is 10.4. The van der Waals surface area contributed by atoms with Gasteiger partial charge in [-0.15, -0.1) is 0 Å². The van der Waals surface area contributed by atoms with Crippen LogP contribution < -0.4 is 14.8 Å². The zero-order valence-electron chi connectivity index (χ0n) is 13.4. The molecule has 0 bridgehead atoms. The molecule has 1 heterocycles. The van der Waals surface area contributed by atoms with Crippen LogP contribution in [0.25, 0.3) is 0 Å². The van der Waals surface area contributed by atoms with Crippen molar-refractivity contribution in [2.45, 2.75) is 6.61 Å². The van der Waals surface area contributed by atoms with Crippen LogP contribution in [-0.4, -0.2) is 17.5 Å². The number of nitrogens with zero attached hydrogens (tertiary/aromatic N) is 1. The summed E-state index contributed by atoms with van der Waals surface area (Å²) >= 11 is 0. The predicted octanol–water partition coefficient (Wildman–Crippen LogP) is 4.73. The van der Waals surface area contributed by atoms with E-state index in [2.05, 4.69) is 15.0 Å². The Morgan fingerprint density at radius 1 is 0.962 bits per heavy atom. The van der Waals surface area contributed by atoms with E-state index in [1.807, 2.05) is 0 Å². The molecule has 7 heteroatoms. The Labute approximate surface area is 148 Å². The molecule has 5 nitrogen and oxygen atoms in total. The highest BCUT2D eigenvalue weighted by atomic mass is 19.3. The Balaban J connectivity index is 1.65. The van der Waals surface area contributed by atoms with Crippen LogP contribution >= 0.6 is 0 Å². The molecule has 132 valence electrons. The fourth-order valence-electron chi connectivity index (χ4n) is 2.17. The number of carbonyl (C=O) groups excluding carboxylic acids is 1. The maximum atomic E-state index is 12.3. The Morgan fingerprint density at radius 3 is 2.42 bits per heavy atom. The summed E-state index contributed by atoms with van der Waals surface area (Å²) < 4.78 is 34.4. The van der Waals surface area contributed by atoms with Crippen LogP contribution in [0.1, 0.15) is 10.4 Å². The first kappa shape index (κ1) is 17.3. The third kappa shape index (κ3) is 4.76. The van der Waals surface area contributed by atoms with E-state index in [-0.39, 0.29) is 11.7 Å². The van der Waals surface area contributed by atoms with Gasteiger partial charge in [0.05, 0.1) is 6.20 Å². The van der Waals surface area contributed by atoms with Crippen LogP contribution in [-0.2, 0) is 0 Å². The third-order valence-electron chi connectivity index (χ3n) is 3.30. The maximum Gasteiger partial charge on any atom is 0.387 e. The van der Waals surface area contributed by atoms with Gasteiger partial charge in [0.15, 0.2) is 0 Å². The first-order valence-electron chi connectivity index (χ1n) is 7.64. The molecule has 3 aromatic rings. The summed E-state index contributed by atoms with van der Waals surface area (Å²) in [6.45, 7) is -2.92. The molecule has 0 saturated heterocycles. The molecule has 0 spiro atoms. The lowest BCUT2D eigenvalue weighted by molar-refractivity contribution is -0.0497. The number of hydrogen-bond acceptors (Lipinski definition) is 4. The van der Waals surface area contributed by atoms with Gasteiger partial charge in [-0.05, 0) is 48.5 Å². The highest BCUT2D eigenvalue weighted by Crippen LogP contribution is 2.22. The van der Waals surface area contributed by atoms with Gasteiger partial charge in [-0.1, -0.05) is 6.07 Å². The SMILES string of the molecule is O=C(Nc1cccc(OC(F)F)c1)c1ccc(Oc2cccnc2)cc1. The molecule has 0 aliphatic rings. The number of nitrogens with one attached hydrogen (secondary N) is 1. The fraction of sp³-hybridized carbons (Fsp3) is 0.0526. The molecule has 0 aliphatic heterocycles. The van der Waals surface area contributed by atoms with E-state index >= 15 is 0 Å². The van der Waals surface area contributed by atoms with E-state index in [1.54, 1.807) is 54.9 Å². The largest absolute Gasteiger partial charge is 0.456 e. The van der Waals surface area contributed by atoms with Gasteiger partial charge in [0.2, 0.25) is 0 Å². The standard InChI is InChI=1S/C19H14F2N2O3/c20-19(21)26-16-4-1-3-14(11-16)23-18(24)13-6-8-15(9-7-13)25-17-5-2-10-22-12-17/h1-12,19H,(H,23,24). The van der Waals surface area contributed by atoms with Crippen molar-refractivity contribution in [2.75, 3.05) is 5.32 Å². The minimum absolute atomic E-state index is 0.0296. The van der Waals surface area contributed by atoms with Gasteiger partial charge in [-0.3, -0.25) is 9.78 Å². The molecule has 0 aliphatic carbocycles. The summed E-state index contributed by atoms with van der Waals surface area (Å²) in [4.78, 5) is 16.2. The molecule has 0 radical (unpaired) electrons. The predicted molar refractivity (Wildman–Crippen MR) is 91.8 cm³/mol. The fourth-order valence-corrected chi connectivity index (χ4v) is 2.17. The van der Waals surface area contributed by atoms with Crippen LogP contribution in [0.2, 0.25) is 0 Å². The Morgan fingerprint density at radius 2 is 1.73 bits per heavy atom. The van der Waals surface area contributed by atoms with Gasteiger partial charge in [-0.25, -0.2) is 0 Å². The number of rotatable bonds is 6. The van der Waals surface area contributed by atoms with Crippen LogP contribution in [0.15, 0.2) is 73.1 Å². The van der Waals surface area contributed by atoms with Gasteiger partial charge in [0.1, 0.15) is 17.2 Å². The van der Waals surface area contributed by atoms with Crippen LogP contribution in [0.3, 0.4) is 0 Å². The molecule has 26 heavy (non-hydrogen) atoms. The number of pyridine rings is 1. The number of ether oxygens (including phenoxy) is 2. The van der Waals surface area contributed by atoms with Gasteiger partial charge in [0.25, 0.3) is 5.91 Å². The molecular weight excluding hydrogens is 342 g/mol. The minimum Gasteiger partial charge on any atom is -0.456 e. The van der Waals surface area contributed by atoms with Gasteiger partial charge >= 0.3 is 6.61 Å². The lowest BCUT2D eigenvalue weighted by Gasteiger charge is -2.09. The molecule has 1 aromatic heterocycles. The molecule has 1 N–H and O–H groups in total. The second-order valence-electron chi connectivity index (χ2n) is 5.18. The number of alkyl halides is 2. The summed E-state index contributed by atoms with van der Waals surface area (Å²) in [5.41, 5.74) is 0.743. The van der Waals surface area contributed by atoms with Crippen molar-refractivity contribution >= 4 is 11.6 Å². The quantitative estimate of drug-likeness (QED) is 0.694. The Hall–Kier alpha value is -3.48. The number of hydrogen-bond donors (Lipinski definition) is 1. The van der Waals surface area contributed by atoms with Gasteiger partial charge < -0.3 is 14.8 Å². The van der Waals surface area contributed by atoms with E-state index in [4.69, 9.17) is 4.74 Å². The molecule has 1 amide bonds. The Kier molecular flexibility index (Phi) is 5.38. The van der Waals surface area contributed by atoms with Crippen molar-refractivity contribution in [3.8, 4) is 17.2 Å². The van der Waals surface area contributed by atoms with Crippen LogP contribution in [0.4, 0.5) is 14.5 Å². The lowest BCUT2D eigenvalue weighted by Crippen LogP contribution is -2.12. The third-order valence-corrected chi connectivity index (χ3v) is 3.30. The van der Waals surface area contributed by atoms with Crippen molar-refractivity contribution in [3.05, 3.63) is 78.6 Å². The minimum atomic E-state index is -2.92. The highest BCUT2D eigenvalue weighted by Gasteiger charge is 2.09. The number of carbonyl (C=O) groups is 1. The second-order valence-corrected chi connectivity index (χ2v) is 5.18. The first-order valence-corrected chi connectivity index (χ1v) is 7.64. The number of amides is 1. The average Bonchev–Trinajstić information content (AvgIpc) is 2.63. The zero-order chi connectivity index (χ0) is 18.4. The molecular formula is C19H14F2N2O3. The van der Waals surface area contributed by atoms with Crippen molar-refractivity contribution in [1.29, 1.82) is 0 Å². The Bertz CT molecular complexity index is 871. The van der Waals surface area contributed by atoms with E-state index in [9.17, 15) is 13.6 Å². The summed E-state index contributed by atoms with van der Waals surface area (Å²) in [6, 6.07) is 15.8. The summed E-state index contributed by atoms with van der Waals surface area (Å²) in [5, 5.41) is 2.63. The smallest absolute Gasteiger partial charge is 0.387 e. The van der Waals surface area contributed by atoms with Crippen LogP contribution in [0.5, 0.6) is 17.2 Å². The number of halogens is 2. The average molecular weight is 356 g/mol. The number of benzene rings is 2. The topological polar surface area (TPSA) is 60.5 Å². The molecule has 0 unspecified atom stereocenters. The molecule has 2 aromatic carbocycles. The van der Waals surface area contributed by atoms with Crippen LogP contribution in [0, 0.1) is 0 Å². The molecule has 3 rings (SSSR count). The lowest BCUT2D eigenvalue weighted by atomic mass is 10.2. The van der Waals surface area contributed by atoms with Crippen molar-refractivity contribution in [3.63, 3.8) is 0 Å². The summed E-state index contributed by atoms with van der Waals surface area (Å²) in [5.74, 6) is 0.729. The van der Waals surface area contributed by atoms with E-state index in [0.717, 1.165) is 0 Å². The monoisotopic (exact) mass is 356 g/mol. The summed E-state index contributed by atoms with van der Waals surface area (Å²) in [6.07, 6.45) is 3.22. The van der Waals surface area contributed by atoms with Crippen molar-refractivity contribution < 1.29 is 23.0 Å². The van der Waals surface area contributed by atoms with E-state index < -0.39 is 6.61 Å². The number of aromatic nitrogens is 1. The molecule has 0 saturated carbocycles. The zero-order valence-corrected chi connectivity index (χ0v) is 13.4. The summed E-state index contributed by atoms with van der Waals surface area (Å²) in [7, 11) is 0. The van der Waals surface area contributed by atoms with Gasteiger partial charge in [0, 0.05) is 23.5 Å². The van der Waals surface area contributed by atoms with E-state index in [0.29, 0.717) is 22.7 Å². The first-order chi connectivity index (χ1) is 12.6. The molecule has 0 atom stereocenters. The van der Waals surface area contributed by atoms with Crippen molar-refractivity contribution in [1.82, 2.24) is 4.98 Å². The highest BCUT2D eigenvalue weighted by molar-refractivity contribution is 6.04. The molecule has 0 fully saturated rings. The van der Waals surface area contributed by atoms with Gasteiger partial charge in [-0.2, -0.15) is 8.78 Å². The number of anilines is 1. The van der Waals surface area contributed by atoms with Crippen molar-refractivity contribution in [2.24, 2.45) is 0 Å². The van der Waals surface area contributed by atoms with E-state index in [1.165, 1.54) is 18.2 Å². The maximum absolute atomic E-state index is 12.3. The second kappa shape index (κ2) is 8.06.